The number of rotatable bonds is 2. The molecule has 1 fully saturated rings. The number of aryl methyl sites for hydroxylation is 2. The van der Waals surface area contributed by atoms with Gasteiger partial charge in [0.1, 0.15) is 7.05 Å². The first-order chi connectivity index (χ1) is 17.0. The SMILES string of the molecule is Cc1ccc2c(oc3nc4c(cc32)-c2ccccc2C42CCCC2)c1-c1cc(C(C)C)cc[n+]1C. The van der Waals surface area contributed by atoms with E-state index in [4.69, 9.17) is 9.40 Å². The second kappa shape index (κ2) is 7.27. The average Bonchev–Trinajstić information content (AvgIpc) is 3.55. The Balaban J connectivity index is 1.53. The molecule has 3 heteroatoms. The van der Waals surface area contributed by atoms with Gasteiger partial charge in [0.15, 0.2) is 11.8 Å². The van der Waals surface area contributed by atoms with Crippen molar-refractivity contribution in [3.05, 3.63) is 83.2 Å². The zero-order valence-electron chi connectivity index (χ0n) is 21.0. The Bertz CT molecular complexity index is 1650. The maximum absolute atomic E-state index is 6.68. The van der Waals surface area contributed by atoms with Crippen LogP contribution in [0.3, 0.4) is 0 Å². The standard InChI is InChI=1S/C32H31N2O/c1-19(2)21-13-16-34(4)27(17-21)28-20(3)11-12-23-25-18-24-22-9-5-6-10-26(22)32(14-7-8-15-32)30(24)33-31(25)35-29(23)28/h5-6,9-13,16-19H,7-8,14-15H2,1-4H3/q+1. The van der Waals surface area contributed by atoms with E-state index in [1.54, 1.807) is 0 Å². The van der Waals surface area contributed by atoms with Crippen LogP contribution in [0.25, 0.3) is 44.5 Å². The summed E-state index contributed by atoms with van der Waals surface area (Å²) in [6, 6.07) is 20.3. The molecule has 2 aromatic carbocycles. The van der Waals surface area contributed by atoms with Crippen LogP contribution in [0.2, 0.25) is 0 Å². The lowest BCUT2D eigenvalue weighted by molar-refractivity contribution is -0.660. The zero-order chi connectivity index (χ0) is 23.9. The summed E-state index contributed by atoms with van der Waals surface area (Å²) < 4.78 is 8.88. The second-order valence-electron chi connectivity index (χ2n) is 10.9. The van der Waals surface area contributed by atoms with Gasteiger partial charge >= 0.3 is 0 Å². The maximum atomic E-state index is 6.68. The maximum Gasteiger partial charge on any atom is 0.227 e. The fourth-order valence-corrected chi connectivity index (χ4v) is 6.69. The molecule has 3 nitrogen and oxygen atoms in total. The lowest BCUT2D eigenvalue weighted by Gasteiger charge is -2.24. The minimum absolute atomic E-state index is 0.0515. The number of hydrogen-bond acceptors (Lipinski definition) is 2. The fraction of sp³-hybridized carbons (Fsp3) is 0.312. The van der Waals surface area contributed by atoms with Gasteiger partial charge < -0.3 is 4.42 Å². The Morgan fingerprint density at radius 3 is 2.54 bits per heavy atom. The van der Waals surface area contributed by atoms with Crippen LogP contribution in [0.15, 0.2) is 65.2 Å². The van der Waals surface area contributed by atoms with Crippen LogP contribution in [0.4, 0.5) is 0 Å². The van der Waals surface area contributed by atoms with E-state index < -0.39 is 0 Å². The van der Waals surface area contributed by atoms with Crippen molar-refractivity contribution in [3.8, 4) is 22.4 Å². The molecule has 3 aromatic heterocycles. The molecule has 1 saturated carbocycles. The van der Waals surface area contributed by atoms with Crippen molar-refractivity contribution in [2.75, 3.05) is 0 Å². The van der Waals surface area contributed by atoms with Gasteiger partial charge in [0.2, 0.25) is 11.4 Å². The number of hydrogen-bond donors (Lipinski definition) is 0. The van der Waals surface area contributed by atoms with Crippen molar-refractivity contribution < 1.29 is 8.98 Å². The van der Waals surface area contributed by atoms with E-state index in [-0.39, 0.29) is 5.41 Å². The van der Waals surface area contributed by atoms with E-state index in [1.165, 1.54) is 70.5 Å². The van der Waals surface area contributed by atoms with Gasteiger partial charge in [-0.3, -0.25) is 0 Å². The predicted molar refractivity (Wildman–Crippen MR) is 142 cm³/mol. The molecule has 0 radical (unpaired) electrons. The summed E-state index contributed by atoms with van der Waals surface area (Å²) in [5.74, 6) is 0.470. The topological polar surface area (TPSA) is 29.9 Å². The third kappa shape index (κ3) is 2.78. The predicted octanol–water partition coefficient (Wildman–Crippen LogP) is 7.74. The van der Waals surface area contributed by atoms with E-state index in [9.17, 15) is 0 Å². The van der Waals surface area contributed by atoms with Crippen molar-refractivity contribution >= 4 is 22.1 Å². The molecule has 7 rings (SSSR count). The molecule has 174 valence electrons. The van der Waals surface area contributed by atoms with Gasteiger partial charge in [-0.2, -0.15) is 0 Å². The van der Waals surface area contributed by atoms with Crippen molar-refractivity contribution in [2.24, 2.45) is 7.05 Å². The first-order valence-corrected chi connectivity index (χ1v) is 12.9. The first-order valence-electron chi connectivity index (χ1n) is 12.9. The highest BCUT2D eigenvalue weighted by atomic mass is 16.3. The van der Waals surface area contributed by atoms with Crippen molar-refractivity contribution in [1.82, 2.24) is 4.98 Å². The molecule has 0 saturated heterocycles. The first kappa shape index (κ1) is 20.9. The van der Waals surface area contributed by atoms with Crippen LogP contribution >= 0.6 is 0 Å². The smallest absolute Gasteiger partial charge is 0.227 e. The molecule has 0 bridgehead atoms. The molecule has 35 heavy (non-hydrogen) atoms. The van der Waals surface area contributed by atoms with Gasteiger partial charge in [0.25, 0.3) is 0 Å². The fourth-order valence-electron chi connectivity index (χ4n) is 6.69. The van der Waals surface area contributed by atoms with Gasteiger partial charge in [-0.25, -0.2) is 9.55 Å². The lowest BCUT2D eigenvalue weighted by atomic mass is 9.79. The van der Waals surface area contributed by atoms with Gasteiger partial charge in [0.05, 0.1) is 11.3 Å². The summed E-state index contributed by atoms with van der Waals surface area (Å²) in [6.45, 7) is 6.67. The number of nitrogens with zero attached hydrogens (tertiary/aromatic N) is 2. The highest BCUT2D eigenvalue weighted by Gasteiger charge is 2.46. The minimum atomic E-state index is 0.0515. The number of aromatic nitrogens is 2. The van der Waals surface area contributed by atoms with Crippen molar-refractivity contribution in [2.45, 2.75) is 57.8 Å². The molecule has 0 unspecified atom stereocenters. The van der Waals surface area contributed by atoms with Crippen LogP contribution in [0.1, 0.15) is 67.8 Å². The van der Waals surface area contributed by atoms with Gasteiger partial charge in [-0.1, -0.05) is 63.1 Å². The lowest BCUT2D eigenvalue weighted by Crippen LogP contribution is -2.31. The van der Waals surface area contributed by atoms with E-state index in [2.05, 4.69) is 93.2 Å². The van der Waals surface area contributed by atoms with Crippen molar-refractivity contribution in [1.29, 1.82) is 0 Å². The Hall–Kier alpha value is -3.46. The average molecular weight is 460 g/mol. The number of pyridine rings is 2. The van der Waals surface area contributed by atoms with Crippen LogP contribution in [0, 0.1) is 6.92 Å². The molecule has 2 aliphatic rings. The summed E-state index contributed by atoms with van der Waals surface area (Å²) in [5.41, 5.74) is 12.0. The van der Waals surface area contributed by atoms with Crippen LogP contribution in [-0.4, -0.2) is 4.98 Å². The summed E-state index contributed by atoms with van der Waals surface area (Å²) >= 11 is 0. The second-order valence-corrected chi connectivity index (χ2v) is 10.9. The Labute approximate surface area is 206 Å². The van der Waals surface area contributed by atoms with E-state index in [0.717, 1.165) is 22.1 Å². The normalized spacial score (nSPS) is 16.0. The third-order valence-corrected chi connectivity index (χ3v) is 8.58. The summed E-state index contributed by atoms with van der Waals surface area (Å²) in [7, 11) is 2.12. The molecular formula is C32H31N2O+. The summed E-state index contributed by atoms with van der Waals surface area (Å²) in [4.78, 5) is 5.30. The molecule has 0 aliphatic heterocycles. The molecule has 1 spiro atoms. The van der Waals surface area contributed by atoms with Crippen molar-refractivity contribution in [3.63, 3.8) is 0 Å². The number of furan rings is 1. The van der Waals surface area contributed by atoms with Gasteiger partial charge in [0, 0.05) is 33.9 Å². The molecule has 2 aliphatic carbocycles. The molecule has 0 N–H and O–H groups in total. The van der Waals surface area contributed by atoms with Crippen LogP contribution in [0.5, 0.6) is 0 Å². The molecule has 0 amide bonds. The van der Waals surface area contributed by atoms with Crippen LogP contribution < -0.4 is 4.57 Å². The largest absolute Gasteiger partial charge is 0.437 e. The zero-order valence-corrected chi connectivity index (χ0v) is 21.0. The van der Waals surface area contributed by atoms with E-state index in [0.29, 0.717) is 5.92 Å². The molecular weight excluding hydrogens is 428 g/mol. The van der Waals surface area contributed by atoms with Gasteiger partial charge in [-0.05, 0) is 54.0 Å². The molecule has 3 heterocycles. The highest BCUT2D eigenvalue weighted by Crippen LogP contribution is 2.56. The third-order valence-electron chi connectivity index (χ3n) is 8.58. The number of fused-ring (bicyclic) bond motifs is 8. The highest BCUT2D eigenvalue weighted by molar-refractivity contribution is 6.10. The van der Waals surface area contributed by atoms with Crippen LogP contribution in [-0.2, 0) is 12.5 Å². The minimum Gasteiger partial charge on any atom is -0.437 e. The summed E-state index contributed by atoms with van der Waals surface area (Å²) in [6.07, 6.45) is 7.05. The molecule has 0 atom stereocenters. The quantitative estimate of drug-likeness (QED) is 0.253. The van der Waals surface area contributed by atoms with E-state index >= 15 is 0 Å². The number of benzene rings is 2. The Morgan fingerprint density at radius 2 is 1.74 bits per heavy atom. The monoisotopic (exact) mass is 459 g/mol. The Morgan fingerprint density at radius 1 is 0.943 bits per heavy atom. The molecule has 5 aromatic rings. The Kier molecular flexibility index (Phi) is 4.34. The van der Waals surface area contributed by atoms with E-state index in [1.807, 2.05) is 0 Å². The van der Waals surface area contributed by atoms with Gasteiger partial charge in [-0.15, -0.1) is 0 Å². The summed E-state index contributed by atoms with van der Waals surface area (Å²) in [5, 5.41) is 2.27.